The van der Waals surface area contributed by atoms with Gasteiger partial charge in [0.05, 0.1) is 0 Å². The molecule has 1 aliphatic carbocycles. The zero-order chi connectivity index (χ0) is 17.4. The maximum absolute atomic E-state index is 2.74. The van der Waals surface area contributed by atoms with Crippen molar-refractivity contribution in [2.45, 2.75) is 23.3 Å². The molecule has 3 aromatic carbocycles. The van der Waals surface area contributed by atoms with E-state index in [4.69, 9.17) is 0 Å². The number of likely N-dealkylation sites (tertiary alicyclic amines) is 1. The number of hydrogen-bond donors (Lipinski definition) is 0. The summed E-state index contributed by atoms with van der Waals surface area (Å²) in [6, 6.07) is 33.9. The van der Waals surface area contributed by atoms with Gasteiger partial charge in [-0.05, 0) is 0 Å². The molecule has 2 heteroatoms. The van der Waals surface area contributed by atoms with Gasteiger partial charge in [-0.25, -0.2) is 0 Å². The van der Waals surface area contributed by atoms with Crippen LogP contribution in [0.5, 0.6) is 0 Å². The van der Waals surface area contributed by atoms with Gasteiger partial charge >= 0.3 is 162 Å². The van der Waals surface area contributed by atoms with Crippen molar-refractivity contribution in [1.29, 1.82) is 0 Å². The van der Waals surface area contributed by atoms with Gasteiger partial charge in [0, 0.05) is 0 Å². The fraction of sp³-hybridized carbons (Fsp3) is 0.250. The summed E-state index contributed by atoms with van der Waals surface area (Å²) in [5, 5.41) is 0. The Balaban J connectivity index is 1.48. The fourth-order valence-corrected chi connectivity index (χ4v) is 8.04. The second-order valence-electron chi connectivity index (χ2n) is 7.50. The van der Waals surface area contributed by atoms with E-state index < -0.39 is 0 Å². The van der Waals surface area contributed by atoms with Crippen LogP contribution < -0.4 is 4.46 Å². The Kier molecular flexibility index (Phi) is 4.21. The van der Waals surface area contributed by atoms with Gasteiger partial charge in [0.1, 0.15) is 0 Å². The SMILES string of the molecule is c1ccc(CN2C[C@@H]3C[C@]3([Se]c3ccccc3)[C@@H]2c2ccccc2)cc1. The third-order valence-electron chi connectivity index (χ3n) is 5.77. The summed E-state index contributed by atoms with van der Waals surface area (Å²) >= 11 is 0.519. The molecule has 0 spiro atoms. The molecule has 1 aliphatic heterocycles. The van der Waals surface area contributed by atoms with Crippen LogP contribution in [0.3, 0.4) is 0 Å². The third kappa shape index (κ3) is 2.93. The average Bonchev–Trinajstić information content (AvgIpc) is 3.28. The summed E-state index contributed by atoms with van der Waals surface area (Å²) in [7, 11) is 0. The number of piperidine rings is 1. The molecular formula is C24H23NSe. The van der Waals surface area contributed by atoms with E-state index in [2.05, 4.69) is 95.9 Å². The van der Waals surface area contributed by atoms with E-state index in [-0.39, 0.29) is 0 Å². The van der Waals surface area contributed by atoms with E-state index in [0.29, 0.717) is 25.3 Å². The molecular weight excluding hydrogens is 381 g/mol. The Hall–Kier alpha value is -1.86. The summed E-state index contributed by atoms with van der Waals surface area (Å²) in [5.41, 5.74) is 2.93. The number of fused-ring (bicyclic) bond motifs is 1. The fourth-order valence-electron chi connectivity index (χ4n) is 4.57. The maximum atomic E-state index is 2.74. The molecule has 0 amide bonds. The first-order chi connectivity index (χ1) is 12.9. The van der Waals surface area contributed by atoms with Crippen molar-refractivity contribution in [2.24, 2.45) is 5.92 Å². The van der Waals surface area contributed by atoms with Gasteiger partial charge < -0.3 is 0 Å². The third-order valence-corrected chi connectivity index (χ3v) is 9.15. The van der Waals surface area contributed by atoms with Crippen molar-refractivity contribution in [2.75, 3.05) is 6.54 Å². The molecule has 1 heterocycles. The Bertz CT molecular complexity index is 864. The molecule has 0 N–H and O–H groups in total. The summed E-state index contributed by atoms with van der Waals surface area (Å²) in [5.74, 6) is 0.858. The monoisotopic (exact) mass is 405 g/mol. The molecule has 2 aliphatic rings. The quantitative estimate of drug-likeness (QED) is 0.568. The van der Waals surface area contributed by atoms with Gasteiger partial charge in [-0.15, -0.1) is 0 Å². The van der Waals surface area contributed by atoms with Crippen LogP contribution in [0.1, 0.15) is 23.6 Å². The van der Waals surface area contributed by atoms with Crippen LogP contribution in [0.2, 0.25) is 4.31 Å². The van der Waals surface area contributed by atoms with Crippen molar-refractivity contribution in [1.82, 2.24) is 4.90 Å². The van der Waals surface area contributed by atoms with Crippen LogP contribution in [0.4, 0.5) is 0 Å². The van der Waals surface area contributed by atoms with Crippen molar-refractivity contribution in [3.63, 3.8) is 0 Å². The first kappa shape index (κ1) is 16.3. The molecule has 0 aromatic heterocycles. The predicted molar refractivity (Wildman–Crippen MR) is 109 cm³/mol. The Labute approximate surface area is 162 Å². The molecule has 130 valence electrons. The first-order valence-electron chi connectivity index (χ1n) is 9.42. The molecule has 1 saturated heterocycles. The van der Waals surface area contributed by atoms with Gasteiger partial charge in [-0.3, -0.25) is 0 Å². The first-order valence-corrected chi connectivity index (χ1v) is 11.1. The Morgan fingerprint density at radius 1 is 0.808 bits per heavy atom. The van der Waals surface area contributed by atoms with Crippen LogP contribution in [0.25, 0.3) is 0 Å². The summed E-state index contributed by atoms with van der Waals surface area (Å²) < 4.78 is 2.02. The predicted octanol–water partition coefficient (Wildman–Crippen LogP) is 4.45. The minimum atomic E-state index is 0.477. The van der Waals surface area contributed by atoms with E-state index >= 15 is 0 Å². The number of rotatable bonds is 5. The molecule has 1 nitrogen and oxygen atoms in total. The molecule has 2 fully saturated rings. The minimum absolute atomic E-state index is 0.477. The van der Waals surface area contributed by atoms with E-state index in [1.165, 1.54) is 24.1 Å². The van der Waals surface area contributed by atoms with Crippen molar-refractivity contribution in [3.8, 4) is 0 Å². The van der Waals surface area contributed by atoms with E-state index in [0.717, 1.165) is 12.5 Å². The van der Waals surface area contributed by atoms with Crippen LogP contribution in [0.15, 0.2) is 91.0 Å². The second-order valence-corrected chi connectivity index (χ2v) is 10.5. The molecule has 5 rings (SSSR count). The van der Waals surface area contributed by atoms with Gasteiger partial charge in [-0.2, -0.15) is 0 Å². The molecule has 26 heavy (non-hydrogen) atoms. The Morgan fingerprint density at radius 3 is 2.12 bits per heavy atom. The number of nitrogens with zero attached hydrogens (tertiary/aromatic N) is 1. The molecule has 3 atom stereocenters. The Morgan fingerprint density at radius 2 is 1.42 bits per heavy atom. The summed E-state index contributed by atoms with van der Waals surface area (Å²) in [4.78, 5) is 2.74. The normalized spacial score (nSPS) is 27.2. The van der Waals surface area contributed by atoms with Gasteiger partial charge in [0.25, 0.3) is 0 Å². The zero-order valence-electron chi connectivity index (χ0n) is 14.8. The van der Waals surface area contributed by atoms with Gasteiger partial charge in [0.2, 0.25) is 0 Å². The van der Waals surface area contributed by atoms with E-state index in [1.54, 1.807) is 4.46 Å². The standard InChI is InChI=1S/C24H23NSe/c1-4-10-19(11-5-1)17-25-18-21-16-24(21,26-22-14-8-3-9-15-22)23(25)20-12-6-2-7-13-20/h1-15,21,23H,16-18H2/t21-,23-,24+/m0/s1. The van der Waals surface area contributed by atoms with Crippen LogP contribution in [-0.2, 0) is 6.54 Å². The van der Waals surface area contributed by atoms with Gasteiger partial charge in [0.15, 0.2) is 0 Å². The van der Waals surface area contributed by atoms with Crippen LogP contribution >= 0.6 is 0 Å². The van der Waals surface area contributed by atoms with Crippen LogP contribution in [-0.4, -0.2) is 26.4 Å². The number of benzene rings is 3. The molecule has 0 bridgehead atoms. The molecule has 0 unspecified atom stereocenters. The summed E-state index contributed by atoms with van der Waals surface area (Å²) in [6.07, 6.45) is 1.40. The van der Waals surface area contributed by atoms with Crippen LogP contribution in [0, 0.1) is 5.92 Å². The second kappa shape index (κ2) is 6.70. The molecule has 1 saturated carbocycles. The molecule has 0 radical (unpaired) electrons. The van der Waals surface area contributed by atoms with E-state index in [9.17, 15) is 0 Å². The topological polar surface area (TPSA) is 3.24 Å². The summed E-state index contributed by atoms with van der Waals surface area (Å²) in [6.45, 7) is 2.30. The zero-order valence-corrected chi connectivity index (χ0v) is 16.5. The van der Waals surface area contributed by atoms with Crippen molar-refractivity contribution >= 4 is 19.4 Å². The number of hydrogen-bond acceptors (Lipinski definition) is 1. The van der Waals surface area contributed by atoms with E-state index in [1.807, 2.05) is 0 Å². The molecule has 3 aromatic rings. The average molecular weight is 404 g/mol. The van der Waals surface area contributed by atoms with Gasteiger partial charge in [-0.1, -0.05) is 0 Å². The van der Waals surface area contributed by atoms with Crippen molar-refractivity contribution in [3.05, 3.63) is 102 Å². The van der Waals surface area contributed by atoms with Crippen molar-refractivity contribution < 1.29 is 0 Å².